The van der Waals surface area contributed by atoms with Crippen LogP contribution in [-0.2, 0) is 4.79 Å². The van der Waals surface area contributed by atoms with E-state index in [1.807, 2.05) is 0 Å². The van der Waals surface area contributed by atoms with E-state index in [4.69, 9.17) is 0 Å². The minimum atomic E-state index is 0.0349. The molecule has 0 spiro atoms. The quantitative estimate of drug-likeness (QED) is 0.875. The molecule has 3 nitrogen and oxygen atoms in total. The molecule has 1 fully saturated rings. The smallest absolute Gasteiger partial charge is 0.278 e. The lowest BCUT2D eigenvalue weighted by molar-refractivity contribution is -0.909. The standard InChI is InChI=1S/C21H30N2O/c1-16-8-6-7-11-20(16)22-21(24)17(2)23-14-12-19(13-15-23)18-9-4-3-5-10-18/h3-5,9-10,12,16-17,20H,6-8,11,13-15H2,1-2H3,(H,22,24)/p+1/t16-,17+,20-/m0/s1. The monoisotopic (exact) mass is 327 g/mol. The molecule has 2 N–H and O–H groups in total. The summed E-state index contributed by atoms with van der Waals surface area (Å²) in [6, 6.07) is 11.0. The van der Waals surface area contributed by atoms with Crippen molar-refractivity contribution in [3.05, 3.63) is 42.0 Å². The van der Waals surface area contributed by atoms with E-state index < -0.39 is 0 Å². The van der Waals surface area contributed by atoms with Crippen molar-refractivity contribution in [1.82, 2.24) is 5.32 Å². The number of rotatable bonds is 4. The maximum Gasteiger partial charge on any atom is 0.278 e. The number of hydrogen-bond donors (Lipinski definition) is 2. The summed E-state index contributed by atoms with van der Waals surface area (Å²) in [6.45, 7) is 6.34. The van der Waals surface area contributed by atoms with Gasteiger partial charge in [-0.1, -0.05) is 50.1 Å². The summed E-state index contributed by atoms with van der Waals surface area (Å²) in [6.07, 6.45) is 8.33. The molecule has 130 valence electrons. The van der Waals surface area contributed by atoms with Crippen LogP contribution in [0.25, 0.3) is 5.57 Å². The van der Waals surface area contributed by atoms with Crippen molar-refractivity contribution in [1.29, 1.82) is 0 Å². The Morgan fingerprint density at radius 1 is 1.21 bits per heavy atom. The van der Waals surface area contributed by atoms with Crippen LogP contribution in [0.3, 0.4) is 0 Å². The lowest BCUT2D eigenvalue weighted by atomic mass is 9.86. The van der Waals surface area contributed by atoms with Gasteiger partial charge in [0.1, 0.15) is 0 Å². The van der Waals surface area contributed by atoms with Gasteiger partial charge < -0.3 is 10.2 Å². The Morgan fingerprint density at radius 3 is 2.62 bits per heavy atom. The van der Waals surface area contributed by atoms with Crippen molar-refractivity contribution in [2.24, 2.45) is 5.92 Å². The molecule has 24 heavy (non-hydrogen) atoms. The first-order valence-electron chi connectivity index (χ1n) is 9.54. The maximum absolute atomic E-state index is 12.7. The van der Waals surface area contributed by atoms with Crippen molar-refractivity contribution in [3.8, 4) is 0 Å². The van der Waals surface area contributed by atoms with Crippen molar-refractivity contribution >= 4 is 11.5 Å². The second-order valence-corrected chi connectivity index (χ2v) is 7.56. The molecule has 1 aliphatic carbocycles. The van der Waals surface area contributed by atoms with Gasteiger partial charge in [-0.3, -0.25) is 4.79 Å². The van der Waals surface area contributed by atoms with Gasteiger partial charge in [-0.15, -0.1) is 0 Å². The summed E-state index contributed by atoms with van der Waals surface area (Å²) in [5.41, 5.74) is 2.75. The van der Waals surface area contributed by atoms with Gasteiger partial charge in [0, 0.05) is 12.5 Å². The van der Waals surface area contributed by atoms with Crippen molar-refractivity contribution in [3.63, 3.8) is 0 Å². The summed E-state index contributed by atoms with van der Waals surface area (Å²) >= 11 is 0. The summed E-state index contributed by atoms with van der Waals surface area (Å²) in [4.78, 5) is 14.0. The molecular formula is C21H31N2O+. The number of carbonyl (C=O) groups excluding carboxylic acids is 1. The number of amides is 1. The van der Waals surface area contributed by atoms with E-state index in [-0.39, 0.29) is 11.9 Å². The summed E-state index contributed by atoms with van der Waals surface area (Å²) in [7, 11) is 0. The molecule has 0 aromatic heterocycles. The fourth-order valence-corrected chi connectivity index (χ4v) is 4.09. The summed E-state index contributed by atoms with van der Waals surface area (Å²) < 4.78 is 0. The fourth-order valence-electron chi connectivity index (χ4n) is 4.09. The zero-order valence-corrected chi connectivity index (χ0v) is 15.1. The van der Waals surface area contributed by atoms with Crippen LogP contribution in [0.15, 0.2) is 36.4 Å². The van der Waals surface area contributed by atoms with Gasteiger partial charge in [0.15, 0.2) is 6.04 Å². The van der Waals surface area contributed by atoms with Crippen molar-refractivity contribution in [2.45, 2.75) is 58.0 Å². The van der Waals surface area contributed by atoms with Crippen molar-refractivity contribution < 1.29 is 9.69 Å². The Hall–Kier alpha value is -1.61. The first kappa shape index (κ1) is 17.2. The van der Waals surface area contributed by atoms with Gasteiger partial charge in [0.05, 0.1) is 13.1 Å². The van der Waals surface area contributed by atoms with Gasteiger partial charge >= 0.3 is 0 Å². The zero-order chi connectivity index (χ0) is 16.9. The predicted molar refractivity (Wildman–Crippen MR) is 98.8 cm³/mol. The number of benzene rings is 1. The van der Waals surface area contributed by atoms with Gasteiger partial charge in [-0.25, -0.2) is 0 Å². The van der Waals surface area contributed by atoms with E-state index in [0.717, 1.165) is 25.9 Å². The van der Waals surface area contributed by atoms with E-state index in [1.165, 1.54) is 35.3 Å². The second kappa shape index (κ2) is 7.98. The van der Waals surface area contributed by atoms with E-state index in [0.29, 0.717) is 12.0 Å². The lowest BCUT2D eigenvalue weighted by Gasteiger charge is -2.33. The molecule has 0 saturated heterocycles. The molecule has 1 aliphatic heterocycles. The summed E-state index contributed by atoms with van der Waals surface area (Å²) in [5.74, 6) is 0.858. The Labute approximate surface area is 146 Å². The highest BCUT2D eigenvalue weighted by molar-refractivity contribution is 5.80. The van der Waals surface area contributed by atoms with Crippen LogP contribution in [0, 0.1) is 5.92 Å². The van der Waals surface area contributed by atoms with Gasteiger partial charge in [-0.05, 0) is 42.9 Å². The molecule has 3 heteroatoms. The summed E-state index contributed by atoms with van der Waals surface area (Å²) in [5, 5.41) is 3.33. The van der Waals surface area contributed by atoms with Crippen LogP contribution in [0.1, 0.15) is 51.5 Å². The van der Waals surface area contributed by atoms with Gasteiger partial charge in [0.25, 0.3) is 5.91 Å². The Morgan fingerprint density at radius 2 is 1.96 bits per heavy atom. The minimum Gasteiger partial charge on any atom is -0.348 e. The molecule has 0 radical (unpaired) electrons. The molecule has 1 aromatic carbocycles. The van der Waals surface area contributed by atoms with Gasteiger partial charge in [0.2, 0.25) is 0 Å². The maximum atomic E-state index is 12.7. The number of carbonyl (C=O) groups is 1. The van der Waals surface area contributed by atoms with Gasteiger partial charge in [-0.2, -0.15) is 0 Å². The third-order valence-electron chi connectivity index (χ3n) is 5.92. The topological polar surface area (TPSA) is 33.5 Å². The average molecular weight is 327 g/mol. The Bertz CT molecular complexity index is 581. The molecular weight excluding hydrogens is 296 g/mol. The SMILES string of the molecule is C[C@H](C(=O)N[C@H]1CCCC[C@@H]1C)[NH+]1CC=C(c2ccccc2)CC1. The largest absolute Gasteiger partial charge is 0.348 e. The average Bonchev–Trinajstić information content (AvgIpc) is 2.64. The molecule has 1 aromatic rings. The number of nitrogens with one attached hydrogen (secondary N) is 2. The minimum absolute atomic E-state index is 0.0349. The molecule has 1 amide bonds. The highest BCUT2D eigenvalue weighted by Gasteiger charge is 2.30. The second-order valence-electron chi connectivity index (χ2n) is 7.56. The first-order valence-corrected chi connectivity index (χ1v) is 9.54. The number of quaternary nitrogens is 1. The van der Waals surface area contributed by atoms with E-state index >= 15 is 0 Å². The molecule has 4 atom stereocenters. The Kier molecular flexibility index (Phi) is 5.72. The third kappa shape index (κ3) is 4.07. The van der Waals surface area contributed by atoms with Crippen molar-refractivity contribution in [2.75, 3.05) is 13.1 Å². The van der Waals surface area contributed by atoms with Crippen LogP contribution >= 0.6 is 0 Å². The first-order chi connectivity index (χ1) is 11.6. The molecule has 1 unspecified atom stereocenters. The predicted octanol–water partition coefficient (Wildman–Crippen LogP) is 2.44. The highest BCUT2D eigenvalue weighted by atomic mass is 16.2. The Balaban J connectivity index is 1.55. The molecule has 0 bridgehead atoms. The van der Waals surface area contributed by atoms with Crippen LogP contribution < -0.4 is 10.2 Å². The lowest BCUT2D eigenvalue weighted by Crippen LogP contribution is -3.17. The zero-order valence-electron chi connectivity index (χ0n) is 15.1. The number of hydrogen-bond acceptors (Lipinski definition) is 1. The third-order valence-corrected chi connectivity index (χ3v) is 5.92. The van der Waals surface area contributed by atoms with Crippen LogP contribution in [0.2, 0.25) is 0 Å². The molecule has 1 heterocycles. The van der Waals surface area contributed by atoms with Crippen LogP contribution in [0.5, 0.6) is 0 Å². The molecule has 3 rings (SSSR count). The van der Waals surface area contributed by atoms with Crippen LogP contribution in [-0.4, -0.2) is 31.1 Å². The van der Waals surface area contributed by atoms with Crippen LogP contribution in [0.4, 0.5) is 0 Å². The normalized spacial score (nSPS) is 28.8. The highest BCUT2D eigenvalue weighted by Crippen LogP contribution is 2.23. The van der Waals surface area contributed by atoms with E-state index in [1.54, 1.807) is 0 Å². The molecule has 2 aliphatic rings. The fraction of sp³-hybridized carbons (Fsp3) is 0.571. The molecule has 1 saturated carbocycles. The van der Waals surface area contributed by atoms with E-state index in [2.05, 4.69) is 55.6 Å². The van der Waals surface area contributed by atoms with E-state index in [9.17, 15) is 4.79 Å².